The molecule has 0 unspecified atom stereocenters. The molecule has 0 atom stereocenters. The van der Waals surface area contributed by atoms with Gasteiger partial charge in [0.05, 0.1) is 12.0 Å². The minimum atomic E-state index is -0.563. The predicted molar refractivity (Wildman–Crippen MR) is 63.5 cm³/mol. The first kappa shape index (κ1) is 12.2. The highest BCUT2D eigenvalue weighted by atomic mass is 35.5. The van der Waals surface area contributed by atoms with Gasteiger partial charge in [-0.1, -0.05) is 11.6 Å². The van der Waals surface area contributed by atoms with Crippen LogP contribution < -0.4 is 4.74 Å². The first-order chi connectivity index (χ1) is 8.63. The topological polar surface area (TPSA) is 91.0 Å². The van der Waals surface area contributed by atoms with Crippen LogP contribution in [0.4, 0.5) is 5.69 Å². The molecule has 92 valence electrons. The van der Waals surface area contributed by atoms with E-state index >= 15 is 0 Å². The van der Waals surface area contributed by atoms with E-state index in [2.05, 4.69) is 15.0 Å². The summed E-state index contributed by atoms with van der Waals surface area (Å²) in [7, 11) is 1.39. The second kappa shape index (κ2) is 4.92. The summed E-state index contributed by atoms with van der Waals surface area (Å²) in [6.07, 6.45) is 2.81. The zero-order valence-corrected chi connectivity index (χ0v) is 9.96. The van der Waals surface area contributed by atoms with E-state index in [9.17, 15) is 10.1 Å². The molecule has 0 bridgehead atoms. The molecule has 18 heavy (non-hydrogen) atoms. The SMILES string of the molecule is COc1nccnc1-c1nc(Cl)ccc1[N+](=O)[O-]. The van der Waals surface area contributed by atoms with Crippen molar-refractivity contribution in [2.45, 2.75) is 0 Å². The Kier molecular flexibility index (Phi) is 3.33. The van der Waals surface area contributed by atoms with E-state index in [1.807, 2.05) is 0 Å². The lowest BCUT2D eigenvalue weighted by atomic mass is 10.2. The number of pyridine rings is 1. The number of hydrogen-bond donors (Lipinski definition) is 0. The predicted octanol–water partition coefficient (Wildman–Crippen LogP) is 2.11. The van der Waals surface area contributed by atoms with Crippen LogP contribution in [-0.4, -0.2) is 27.0 Å². The van der Waals surface area contributed by atoms with Gasteiger partial charge >= 0.3 is 0 Å². The van der Waals surface area contributed by atoms with Gasteiger partial charge in [-0.05, 0) is 6.07 Å². The molecule has 8 heteroatoms. The Hall–Kier alpha value is -2.28. The van der Waals surface area contributed by atoms with Crippen LogP contribution in [0.15, 0.2) is 24.5 Å². The molecule has 0 spiro atoms. The Bertz CT molecular complexity index is 605. The van der Waals surface area contributed by atoms with Crippen LogP contribution in [-0.2, 0) is 0 Å². The van der Waals surface area contributed by atoms with Gasteiger partial charge in [0, 0.05) is 18.5 Å². The second-order valence-electron chi connectivity index (χ2n) is 3.17. The molecule has 2 rings (SSSR count). The third-order valence-corrected chi connectivity index (χ3v) is 2.33. The molecular formula is C10H7ClN4O3. The van der Waals surface area contributed by atoms with Gasteiger partial charge in [-0.3, -0.25) is 10.1 Å². The van der Waals surface area contributed by atoms with Crippen molar-refractivity contribution in [3.8, 4) is 17.3 Å². The Morgan fingerprint density at radius 3 is 2.67 bits per heavy atom. The number of aromatic nitrogens is 3. The molecule has 0 amide bonds. The smallest absolute Gasteiger partial charge is 0.297 e. The number of methoxy groups -OCH3 is 1. The lowest BCUT2D eigenvalue weighted by molar-refractivity contribution is -0.384. The summed E-state index contributed by atoms with van der Waals surface area (Å²) in [6.45, 7) is 0. The van der Waals surface area contributed by atoms with Crippen molar-refractivity contribution in [2.75, 3.05) is 7.11 Å². The average molecular weight is 267 g/mol. The van der Waals surface area contributed by atoms with Gasteiger partial charge in [-0.15, -0.1) is 0 Å². The van der Waals surface area contributed by atoms with Crippen molar-refractivity contribution < 1.29 is 9.66 Å². The van der Waals surface area contributed by atoms with Crippen LogP contribution in [0, 0.1) is 10.1 Å². The van der Waals surface area contributed by atoms with E-state index in [-0.39, 0.29) is 28.1 Å². The fraction of sp³-hybridized carbons (Fsp3) is 0.100. The quantitative estimate of drug-likeness (QED) is 0.480. The molecule has 0 saturated heterocycles. The summed E-state index contributed by atoms with van der Waals surface area (Å²) in [5.74, 6) is 0.148. The monoisotopic (exact) mass is 266 g/mol. The third-order valence-electron chi connectivity index (χ3n) is 2.12. The highest BCUT2D eigenvalue weighted by molar-refractivity contribution is 6.29. The Balaban J connectivity index is 2.69. The van der Waals surface area contributed by atoms with Crippen LogP contribution in [0.2, 0.25) is 5.15 Å². The molecule has 0 aliphatic rings. The van der Waals surface area contributed by atoms with Gasteiger partial charge in [0.1, 0.15) is 5.15 Å². The fourth-order valence-electron chi connectivity index (χ4n) is 1.39. The molecule has 0 aliphatic carbocycles. The van der Waals surface area contributed by atoms with Crippen molar-refractivity contribution in [1.82, 2.24) is 15.0 Å². The van der Waals surface area contributed by atoms with Crippen LogP contribution in [0.3, 0.4) is 0 Å². The largest absolute Gasteiger partial charge is 0.479 e. The summed E-state index contributed by atoms with van der Waals surface area (Å²) < 4.78 is 5.00. The van der Waals surface area contributed by atoms with Crippen molar-refractivity contribution >= 4 is 17.3 Å². The number of rotatable bonds is 3. The third kappa shape index (κ3) is 2.21. The molecule has 2 aromatic heterocycles. The molecule has 0 radical (unpaired) electrons. The van der Waals surface area contributed by atoms with Crippen molar-refractivity contribution in [3.05, 3.63) is 39.8 Å². The molecule has 0 fully saturated rings. The number of nitro groups is 1. The number of ether oxygens (including phenoxy) is 1. The highest BCUT2D eigenvalue weighted by Crippen LogP contribution is 2.32. The summed E-state index contributed by atoms with van der Waals surface area (Å²) in [5.41, 5.74) is -0.00940. The van der Waals surface area contributed by atoms with Crippen molar-refractivity contribution in [1.29, 1.82) is 0 Å². The molecule has 0 aromatic carbocycles. The van der Waals surface area contributed by atoms with Crippen LogP contribution in [0.25, 0.3) is 11.4 Å². The summed E-state index contributed by atoms with van der Waals surface area (Å²) in [5, 5.41) is 11.1. The molecule has 0 N–H and O–H groups in total. The van der Waals surface area contributed by atoms with Crippen LogP contribution >= 0.6 is 11.6 Å². The fourth-order valence-corrected chi connectivity index (χ4v) is 1.53. The van der Waals surface area contributed by atoms with Crippen LogP contribution in [0.1, 0.15) is 0 Å². The summed E-state index contributed by atoms with van der Waals surface area (Å²) in [6, 6.07) is 2.60. The molecular weight excluding hydrogens is 260 g/mol. The minimum absolute atomic E-state index is 0.0254. The molecule has 2 heterocycles. The standard InChI is InChI=1S/C10H7ClN4O3/c1-18-10-9(12-4-5-13-10)8-6(15(16)17)2-3-7(11)14-8/h2-5H,1H3. The van der Waals surface area contributed by atoms with Gasteiger partial charge in [0.15, 0.2) is 11.4 Å². The lowest BCUT2D eigenvalue weighted by Gasteiger charge is -2.05. The maximum Gasteiger partial charge on any atom is 0.297 e. The zero-order valence-electron chi connectivity index (χ0n) is 9.20. The maximum absolute atomic E-state index is 10.9. The molecule has 0 saturated carbocycles. The first-order valence-corrected chi connectivity index (χ1v) is 5.17. The van der Waals surface area contributed by atoms with E-state index in [1.165, 1.54) is 31.6 Å². The average Bonchev–Trinajstić information content (AvgIpc) is 2.38. The Labute approximate surface area is 107 Å². The highest BCUT2D eigenvalue weighted by Gasteiger charge is 2.22. The summed E-state index contributed by atoms with van der Waals surface area (Å²) in [4.78, 5) is 22.2. The van der Waals surface area contributed by atoms with Gasteiger partial charge in [-0.25, -0.2) is 15.0 Å². The van der Waals surface area contributed by atoms with E-state index in [0.717, 1.165) is 0 Å². The van der Waals surface area contributed by atoms with E-state index in [0.29, 0.717) is 0 Å². The zero-order chi connectivity index (χ0) is 13.1. The molecule has 0 aliphatic heterocycles. The molecule has 7 nitrogen and oxygen atoms in total. The second-order valence-corrected chi connectivity index (χ2v) is 3.56. The van der Waals surface area contributed by atoms with Crippen molar-refractivity contribution in [2.24, 2.45) is 0 Å². The Morgan fingerprint density at radius 2 is 2.00 bits per heavy atom. The van der Waals surface area contributed by atoms with Gasteiger partial charge in [0.2, 0.25) is 5.88 Å². The first-order valence-electron chi connectivity index (χ1n) is 4.79. The lowest BCUT2D eigenvalue weighted by Crippen LogP contribution is -2.00. The van der Waals surface area contributed by atoms with Gasteiger partial charge in [-0.2, -0.15) is 0 Å². The van der Waals surface area contributed by atoms with E-state index < -0.39 is 4.92 Å². The normalized spacial score (nSPS) is 10.1. The Morgan fingerprint density at radius 1 is 1.28 bits per heavy atom. The summed E-state index contributed by atoms with van der Waals surface area (Å²) >= 11 is 5.74. The number of hydrogen-bond acceptors (Lipinski definition) is 6. The number of nitrogens with zero attached hydrogens (tertiary/aromatic N) is 4. The maximum atomic E-state index is 10.9. The van der Waals surface area contributed by atoms with E-state index in [1.54, 1.807) is 0 Å². The van der Waals surface area contributed by atoms with Crippen LogP contribution in [0.5, 0.6) is 5.88 Å². The van der Waals surface area contributed by atoms with E-state index in [4.69, 9.17) is 16.3 Å². The van der Waals surface area contributed by atoms with Gasteiger partial charge in [0.25, 0.3) is 5.69 Å². The van der Waals surface area contributed by atoms with Gasteiger partial charge < -0.3 is 4.74 Å². The number of halogens is 1. The minimum Gasteiger partial charge on any atom is -0.479 e. The molecule has 2 aromatic rings. The van der Waals surface area contributed by atoms with Crippen molar-refractivity contribution in [3.63, 3.8) is 0 Å².